The second kappa shape index (κ2) is 3.34. The first-order chi connectivity index (χ1) is 5.66. The van der Waals surface area contributed by atoms with Crippen LogP contribution in [0.5, 0.6) is 0 Å². The van der Waals surface area contributed by atoms with Crippen molar-refractivity contribution in [3.05, 3.63) is 0 Å². The van der Waals surface area contributed by atoms with Gasteiger partial charge in [0.25, 0.3) is 0 Å². The molecule has 0 aromatic carbocycles. The summed E-state index contributed by atoms with van der Waals surface area (Å²) in [5.74, 6) is 0. The Balaban J connectivity index is 2.96. The highest BCUT2D eigenvalue weighted by Gasteiger charge is 2.41. The predicted molar refractivity (Wildman–Crippen MR) is 62.4 cm³/mol. The van der Waals surface area contributed by atoms with Gasteiger partial charge in [-0.3, -0.25) is 0 Å². The molecule has 1 rings (SSSR count). The minimum absolute atomic E-state index is 0.0794. The Kier molecular flexibility index (Phi) is 3.01. The molecule has 1 atom stereocenters. The summed E-state index contributed by atoms with van der Waals surface area (Å²) in [7, 11) is -3.13. The van der Waals surface area contributed by atoms with Crippen LogP contribution < -0.4 is 4.72 Å². The normalized spacial score (nSPS) is 38.2. The fraction of sp³-hybridized carbons (Fsp3) is 1.00. The van der Waals surface area contributed by atoms with Crippen molar-refractivity contribution in [3.63, 3.8) is 0 Å². The Morgan fingerprint density at radius 2 is 1.77 bits per heavy atom. The van der Waals surface area contributed by atoms with Gasteiger partial charge < -0.3 is 0 Å². The van der Waals surface area contributed by atoms with Gasteiger partial charge in [0.05, 0.1) is 0 Å². The third kappa shape index (κ3) is 2.56. The van der Waals surface area contributed by atoms with Crippen molar-refractivity contribution in [3.8, 4) is 0 Å². The number of sulfonamides is 1. The van der Waals surface area contributed by atoms with Crippen molar-refractivity contribution in [1.29, 1.82) is 0 Å². The van der Waals surface area contributed by atoms with Crippen LogP contribution in [0.1, 0.15) is 33.6 Å². The Morgan fingerprint density at radius 1 is 1.23 bits per heavy atom. The van der Waals surface area contributed by atoms with Crippen LogP contribution in [0.4, 0.5) is 0 Å². The Labute approximate surface area is 93.9 Å². The maximum absolute atomic E-state index is 11.7. The molecule has 1 heterocycles. The largest absolute Gasteiger partial charge is 0.226 e. The van der Waals surface area contributed by atoms with E-state index in [0.29, 0.717) is 6.54 Å². The van der Waals surface area contributed by atoms with E-state index in [9.17, 15) is 8.42 Å². The molecule has 1 aliphatic rings. The van der Waals surface area contributed by atoms with Crippen LogP contribution in [0.15, 0.2) is 0 Å². The van der Waals surface area contributed by atoms with Crippen molar-refractivity contribution in [2.45, 2.75) is 36.4 Å². The lowest BCUT2D eigenvalue weighted by atomic mass is 9.88. The Hall–Kier alpha value is 0.640. The zero-order chi connectivity index (χ0) is 10.3. The minimum Gasteiger partial charge on any atom is -0.214 e. The monoisotopic (exact) mass is 317 g/mol. The third-order valence-corrected chi connectivity index (χ3v) is 6.68. The second-order valence-corrected chi connectivity index (χ2v) is 9.90. The smallest absolute Gasteiger partial charge is 0.214 e. The van der Waals surface area contributed by atoms with Gasteiger partial charge in [0.2, 0.25) is 10.0 Å². The van der Waals surface area contributed by atoms with E-state index in [0.717, 1.165) is 12.8 Å². The number of halogens is 1. The van der Waals surface area contributed by atoms with Gasteiger partial charge >= 0.3 is 0 Å². The van der Waals surface area contributed by atoms with E-state index in [4.69, 9.17) is 0 Å². The molecule has 5 heteroatoms. The first-order valence-corrected chi connectivity index (χ1v) is 6.91. The van der Waals surface area contributed by atoms with Crippen molar-refractivity contribution < 1.29 is 8.42 Å². The summed E-state index contributed by atoms with van der Waals surface area (Å²) in [5, 5.41) is 0. The van der Waals surface area contributed by atoms with Gasteiger partial charge in [-0.1, -0.05) is 36.4 Å². The van der Waals surface area contributed by atoms with Gasteiger partial charge in [-0.05, 0) is 25.2 Å². The molecule has 0 aromatic heterocycles. The zero-order valence-electron chi connectivity index (χ0n) is 8.22. The van der Waals surface area contributed by atoms with E-state index in [1.165, 1.54) is 0 Å². The Morgan fingerprint density at radius 3 is 2.31 bits per heavy atom. The lowest BCUT2D eigenvalue weighted by Gasteiger charge is -2.21. The van der Waals surface area contributed by atoms with Gasteiger partial charge in [-0.25, -0.2) is 13.1 Å². The number of nitrogens with one attached hydrogen (secondary N) is 1. The highest BCUT2D eigenvalue weighted by molar-refractivity contribution is 14.1. The molecule has 0 saturated carbocycles. The summed E-state index contributed by atoms with van der Waals surface area (Å²) in [4.78, 5) is 0. The maximum Gasteiger partial charge on any atom is 0.226 e. The van der Waals surface area contributed by atoms with Crippen LogP contribution >= 0.6 is 22.6 Å². The summed E-state index contributed by atoms with van der Waals surface area (Å²) in [6.45, 7) is 6.51. The zero-order valence-corrected chi connectivity index (χ0v) is 11.2. The summed E-state index contributed by atoms with van der Waals surface area (Å²) in [6.07, 6.45) is 1.66. The highest BCUT2D eigenvalue weighted by atomic mass is 127. The van der Waals surface area contributed by atoms with E-state index in [2.05, 4.69) is 18.6 Å². The van der Waals surface area contributed by atoms with Crippen LogP contribution in [0.3, 0.4) is 0 Å². The molecule has 1 aliphatic heterocycles. The van der Waals surface area contributed by atoms with Crippen LogP contribution in [0.2, 0.25) is 0 Å². The van der Waals surface area contributed by atoms with E-state index < -0.39 is 12.8 Å². The number of hydrogen-bond acceptors (Lipinski definition) is 2. The molecule has 3 nitrogen and oxygen atoms in total. The topological polar surface area (TPSA) is 46.2 Å². The average molecular weight is 317 g/mol. The fourth-order valence-corrected chi connectivity index (χ4v) is 3.21. The van der Waals surface area contributed by atoms with E-state index in [1.807, 2.05) is 22.6 Å². The van der Waals surface area contributed by atoms with Crippen molar-refractivity contribution in [2.75, 3.05) is 6.54 Å². The first kappa shape index (κ1) is 11.7. The molecule has 0 aromatic rings. The highest BCUT2D eigenvalue weighted by Crippen LogP contribution is 2.37. The predicted octanol–water partition coefficient (Wildman–Crippen LogP) is 1.88. The second-order valence-electron chi connectivity index (χ2n) is 4.59. The van der Waals surface area contributed by atoms with E-state index in [-0.39, 0.29) is 5.41 Å². The molecule has 78 valence electrons. The molecular formula is C8H16INO2S. The number of rotatable bonds is 0. The molecule has 0 amide bonds. The lowest BCUT2D eigenvalue weighted by Crippen LogP contribution is -2.38. The fourth-order valence-electron chi connectivity index (χ4n) is 1.23. The summed E-state index contributed by atoms with van der Waals surface area (Å²) < 4.78 is 25.4. The molecule has 1 N–H and O–H groups in total. The van der Waals surface area contributed by atoms with Crippen LogP contribution in [-0.4, -0.2) is 17.7 Å². The standard InChI is InChI=1S/C8H16INO2S/c1-7(2)4-5-8(3,9)13(11,12)10-6-7/h10H,4-6H2,1-3H3. The van der Waals surface area contributed by atoms with Gasteiger partial charge in [0, 0.05) is 6.54 Å². The number of alkyl halides is 1. The lowest BCUT2D eigenvalue weighted by molar-refractivity contribution is 0.335. The minimum atomic E-state index is -3.13. The molecule has 0 radical (unpaired) electrons. The van der Waals surface area contributed by atoms with Gasteiger partial charge in [-0.2, -0.15) is 0 Å². The molecule has 0 spiro atoms. The number of hydrogen-bond donors (Lipinski definition) is 1. The Bertz CT molecular complexity index is 295. The third-order valence-electron chi connectivity index (χ3n) is 2.55. The molecule has 1 fully saturated rings. The van der Waals surface area contributed by atoms with E-state index >= 15 is 0 Å². The molecule has 1 unspecified atom stereocenters. The van der Waals surface area contributed by atoms with E-state index in [1.54, 1.807) is 6.92 Å². The summed E-state index contributed by atoms with van der Waals surface area (Å²) in [6, 6.07) is 0. The molecule has 0 aliphatic carbocycles. The van der Waals surface area contributed by atoms with Gasteiger partial charge in [0.15, 0.2) is 0 Å². The SMILES string of the molecule is CC1(C)CCC(C)(I)S(=O)(=O)NC1. The molecular weight excluding hydrogens is 301 g/mol. The van der Waals surface area contributed by atoms with Crippen LogP contribution in [0.25, 0.3) is 0 Å². The summed E-state index contributed by atoms with van der Waals surface area (Å²) >= 11 is 2.02. The molecule has 1 saturated heterocycles. The first-order valence-electron chi connectivity index (χ1n) is 4.34. The van der Waals surface area contributed by atoms with Gasteiger partial charge in [-0.15, -0.1) is 0 Å². The van der Waals surface area contributed by atoms with Crippen LogP contribution in [-0.2, 0) is 10.0 Å². The summed E-state index contributed by atoms with van der Waals surface area (Å²) in [5.41, 5.74) is 0.0794. The molecule has 13 heavy (non-hydrogen) atoms. The molecule has 0 bridgehead atoms. The van der Waals surface area contributed by atoms with Crippen molar-refractivity contribution in [2.24, 2.45) is 5.41 Å². The van der Waals surface area contributed by atoms with Crippen molar-refractivity contribution in [1.82, 2.24) is 4.72 Å². The van der Waals surface area contributed by atoms with Crippen LogP contribution in [0, 0.1) is 5.41 Å². The van der Waals surface area contributed by atoms with Gasteiger partial charge in [0.1, 0.15) is 2.75 Å². The maximum atomic E-state index is 11.7. The quantitative estimate of drug-likeness (QED) is 0.548. The van der Waals surface area contributed by atoms with Crippen molar-refractivity contribution >= 4 is 32.6 Å². The average Bonchev–Trinajstić information content (AvgIpc) is 2.02.